The highest BCUT2D eigenvalue weighted by Gasteiger charge is 2.36. The minimum absolute atomic E-state index is 0. The van der Waals surface area contributed by atoms with Crippen LogP contribution in [0, 0.1) is 0 Å². The van der Waals surface area contributed by atoms with Gasteiger partial charge in [0.05, 0.1) is 5.54 Å². The lowest BCUT2D eigenvalue weighted by Gasteiger charge is -2.22. The van der Waals surface area contributed by atoms with Crippen LogP contribution in [0.2, 0.25) is 0 Å². The summed E-state index contributed by atoms with van der Waals surface area (Å²) in [7, 11) is 0. The molecule has 1 aliphatic carbocycles. The number of hydrogen-bond donors (Lipinski definition) is 1. The van der Waals surface area contributed by atoms with Gasteiger partial charge < -0.3 is 15.2 Å². The lowest BCUT2D eigenvalue weighted by molar-refractivity contribution is 0.372. The van der Waals surface area contributed by atoms with Gasteiger partial charge in [0.1, 0.15) is 0 Å². The van der Waals surface area contributed by atoms with Gasteiger partial charge in [-0.05, 0) is 50.5 Å². The Bertz CT molecular complexity index is 635. The maximum absolute atomic E-state index is 6.40. The maximum Gasteiger partial charge on any atom is 0.257 e. The molecule has 0 atom stereocenters. The Morgan fingerprint density at radius 2 is 1.83 bits per heavy atom. The second-order valence-corrected chi connectivity index (χ2v) is 6.41. The first kappa shape index (κ1) is 18.7. The van der Waals surface area contributed by atoms with Crippen LogP contribution in [0.1, 0.15) is 51.8 Å². The molecule has 1 aromatic carbocycles. The lowest BCUT2D eigenvalue weighted by atomic mass is 9.99. The van der Waals surface area contributed by atoms with E-state index in [1.165, 1.54) is 5.69 Å². The van der Waals surface area contributed by atoms with Crippen molar-refractivity contribution in [2.75, 3.05) is 18.0 Å². The van der Waals surface area contributed by atoms with Crippen molar-refractivity contribution >= 4 is 18.1 Å². The Balaban J connectivity index is 0.00000208. The van der Waals surface area contributed by atoms with E-state index in [4.69, 9.17) is 10.3 Å². The van der Waals surface area contributed by atoms with Crippen molar-refractivity contribution in [3.8, 4) is 11.5 Å². The summed E-state index contributed by atoms with van der Waals surface area (Å²) in [6, 6.07) is 8.32. The Morgan fingerprint density at radius 1 is 1.17 bits per heavy atom. The summed E-state index contributed by atoms with van der Waals surface area (Å²) in [6.45, 7) is 6.45. The summed E-state index contributed by atoms with van der Waals surface area (Å²) in [5.74, 6) is 1.21. The number of anilines is 1. The fourth-order valence-corrected chi connectivity index (χ4v) is 3.33. The summed E-state index contributed by atoms with van der Waals surface area (Å²) < 4.78 is 5.45. The highest BCUT2D eigenvalue weighted by atomic mass is 35.5. The van der Waals surface area contributed by atoms with Crippen molar-refractivity contribution in [2.24, 2.45) is 5.73 Å². The van der Waals surface area contributed by atoms with Crippen LogP contribution in [0.3, 0.4) is 0 Å². The molecular weight excluding hydrogens is 324 g/mol. The van der Waals surface area contributed by atoms with E-state index in [0.717, 1.165) is 50.8 Å². The van der Waals surface area contributed by atoms with Gasteiger partial charge in [-0.3, -0.25) is 0 Å². The average Bonchev–Trinajstić information content (AvgIpc) is 3.23. The molecule has 0 aliphatic heterocycles. The molecule has 0 spiro atoms. The number of hydrogen-bond acceptors (Lipinski definition) is 5. The van der Waals surface area contributed by atoms with Crippen LogP contribution >= 0.6 is 12.4 Å². The second-order valence-electron chi connectivity index (χ2n) is 6.41. The summed E-state index contributed by atoms with van der Waals surface area (Å²) in [5, 5.41) is 4.13. The standard InChI is InChI=1S/C18H26N4O.ClH/c1-3-13-22(4-2)15-9-7-14(8-10-15)16-20-17(21-23-16)18(19)11-5-6-12-18;/h7-10H,3-6,11-13,19H2,1-2H3;1H. The Morgan fingerprint density at radius 3 is 2.42 bits per heavy atom. The van der Waals surface area contributed by atoms with Gasteiger partial charge in [0.25, 0.3) is 5.89 Å². The van der Waals surface area contributed by atoms with Gasteiger partial charge in [-0.1, -0.05) is 24.9 Å². The third-order valence-electron chi connectivity index (χ3n) is 4.72. The van der Waals surface area contributed by atoms with Crippen molar-refractivity contribution in [3.63, 3.8) is 0 Å². The quantitative estimate of drug-likeness (QED) is 0.848. The van der Waals surface area contributed by atoms with Crippen molar-refractivity contribution in [2.45, 2.75) is 51.5 Å². The molecule has 24 heavy (non-hydrogen) atoms. The van der Waals surface area contributed by atoms with Crippen LogP contribution in [-0.2, 0) is 5.54 Å². The molecule has 0 radical (unpaired) electrons. The van der Waals surface area contributed by atoms with E-state index in [1.54, 1.807) is 0 Å². The van der Waals surface area contributed by atoms with Crippen LogP contribution in [0.25, 0.3) is 11.5 Å². The van der Waals surface area contributed by atoms with E-state index in [0.29, 0.717) is 11.7 Å². The third kappa shape index (κ3) is 3.73. The second kappa shape index (κ2) is 7.99. The largest absolute Gasteiger partial charge is 0.372 e. The topological polar surface area (TPSA) is 68.2 Å². The first-order valence-corrected chi connectivity index (χ1v) is 8.64. The van der Waals surface area contributed by atoms with E-state index in [1.807, 2.05) is 12.1 Å². The molecule has 0 unspecified atom stereocenters. The van der Waals surface area contributed by atoms with Gasteiger partial charge >= 0.3 is 0 Å². The van der Waals surface area contributed by atoms with Crippen molar-refractivity contribution < 1.29 is 4.52 Å². The SMILES string of the molecule is CCCN(CC)c1ccc(-c2nc(C3(N)CCCC3)no2)cc1.Cl. The minimum atomic E-state index is -0.401. The Labute approximate surface area is 150 Å². The molecule has 1 fully saturated rings. The zero-order valence-electron chi connectivity index (χ0n) is 14.5. The molecule has 2 aromatic rings. The highest BCUT2D eigenvalue weighted by Crippen LogP contribution is 2.35. The van der Waals surface area contributed by atoms with E-state index in [9.17, 15) is 0 Å². The number of rotatable bonds is 6. The molecule has 0 bridgehead atoms. The van der Waals surface area contributed by atoms with Gasteiger partial charge in [0.2, 0.25) is 0 Å². The number of benzene rings is 1. The van der Waals surface area contributed by atoms with Crippen LogP contribution in [0.4, 0.5) is 5.69 Å². The minimum Gasteiger partial charge on any atom is -0.372 e. The highest BCUT2D eigenvalue weighted by molar-refractivity contribution is 5.85. The fourth-order valence-electron chi connectivity index (χ4n) is 3.33. The average molecular weight is 351 g/mol. The molecule has 1 heterocycles. The van der Waals surface area contributed by atoms with Gasteiger partial charge in [-0.25, -0.2) is 0 Å². The molecule has 6 heteroatoms. The van der Waals surface area contributed by atoms with E-state index >= 15 is 0 Å². The summed E-state index contributed by atoms with van der Waals surface area (Å²) in [5.41, 5.74) is 8.17. The van der Waals surface area contributed by atoms with E-state index in [-0.39, 0.29) is 12.4 Å². The van der Waals surface area contributed by atoms with Crippen molar-refractivity contribution in [1.29, 1.82) is 0 Å². The van der Waals surface area contributed by atoms with Gasteiger partial charge in [0.15, 0.2) is 5.82 Å². The van der Waals surface area contributed by atoms with Gasteiger partial charge in [0, 0.05) is 24.3 Å². The molecule has 2 N–H and O–H groups in total. The normalized spacial score (nSPS) is 16.0. The molecule has 1 aromatic heterocycles. The van der Waals surface area contributed by atoms with Gasteiger partial charge in [-0.2, -0.15) is 4.98 Å². The van der Waals surface area contributed by atoms with Crippen LogP contribution < -0.4 is 10.6 Å². The number of nitrogens with two attached hydrogens (primary N) is 1. The molecule has 132 valence electrons. The maximum atomic E-state index is 6.40. The summed E-state index contributed by atoms with van der Waals surface area (Å²) >= 11 is 0. The van der Waals surface area contributed by atoms with Crippen LogP contribution in [0.15, 0.2) is 28.8 Å². The van der Waals surface area contributed by atoms with Crippen molar-refractivity contribution in [3.05, 3.63) is 30.1 Å². The number of nitrogens with zero attached hydrogens (tertiary/aromatic N) is 3. The molecule has 3 rings (SSSR count). The molecule has 0 saturated heterocycles. The predicted octanol–water partition coefficient (Wildman–Crippen LogP) is 4.12. The lowest BCUT2D eigenvalue weighted by Crippen LogP contribution is -2.34. The van der Waals surface area contributed by atoms with Crippen molar-refractivity contribution in [1.82, 2.24) is 10.1 Å². The first-order chi connectivity index (χ1) is 11.2. The van der Waals surface area contributed by atoms with E-state index in [2.05, 4.69) is 41.0 Å². The Hall–Kier alpha value is -1.59. The zero-order chi connectivity index (χ0) is 16.3. The smallest absolute Gasteiger partial charge is 0.257 e. The fraction of sp³-hybridized carbons (Fsp3) is 0.556. The monoisotopic (exact) mass is 350 g/mol. The van der Waals surface area contributed by atoms with Crippen LogP contribution in [-0.4, -0.2) is 23.2 Å². The summed E-state index contributed by atoms with van der Waals surface area (Å²) in [6.07, 6.45) is 5.29. The molecule has 0 amide bonds. The first-order valence-electron chi connectivity index (χ1n) is 8.64. The van der Waals surface area contributed by atoms with E-state index < -0.39 is 5.54 Å². The molecular formula is C18H27ClN4O. The molecule has 1 saturated carbocycles. The third-order valence-corrected chi connectivity index (χ3v) is 4.72. The predicted molar refractivity (Wildman–Crippen MR) is 99.5 cm³/mol. The number of aromatic nitrogens is 2. The Kier molecular flexibility index (Phi) is 6.24. The molecule has 5 nitrogen and oxygen atoms in total. The number of halogens is 1. The summed E-state index contributed by atoms with van der Waals surface area (Å²) in [4.78, 5) is 6.91. The molecule has 1 aliphatic rings. The van der Waals surface area contributed by atoms with Crippen LogP contribution in [0.5, 0.6) is 0 Å². The van der Waals surface area contributed by atoms with Gasteiger partial charge in [-0.15, -0.1) is 12.4 Å². The zero-order valence-corrected chi connectivity index (χ0v) is 15.3.